The largest absolute Gasteiger partial charge is 0.373 e. The van der Waals surface area contributed by atoms with Gasteiger partial charge >= 0.3 is 12.3 Å². The molecule has 1 aromatic rings. The van der Waals surface area contributed by atoms with E-state index < -0.39 is 25.0 Å². The summed E-state index contributed by atoms with van der Waals surface area (Å²) < 4.78 is 53.5. The number of rotatable bonds is 8. The van der Waals surface area contributed by atoms with E-state index in [0.717, 1.165) is 12.0 Å². The second-order valence-corrected chi connectivity index (χ2v) is 4.55. The first-order chi connectivity index (χ1) is 9.35. The Morgan fingerprint density at radius 1 is 1.35 bits per heavy atom. The third-order valence-electron chi connectivity index (χ3n) is 2.71. The lowest BCUT2D eigenvalue weighted by Gasteiger charge is -2.17. The van der Waals surface area contributed by atoms with Crippen molar-refractivity contribution in [1.82, 2.24) is 4.98 Å². The Morgan fingerprint density at radius 3 is 2.55 bits per heavy atom. The van der Waals surface area contributed by atoms with Crippen molar-refractivity contribution >= 4 is 0 Å². The summed E-state index contributed by atoms with van der Waals surface area (Å²) >= 11 is 0. The Bertz CT molecular complexity index is 398. The van der Waals surface area contributed by atoms with Crippen LogP contribution in [0, 0.1) is 0 Å². The first-order valence-corrected chi connectivity index (χ1v) is 6.28. The predicted molar refractivity (Wildman–Crippen MR) is 67.1 cm³/mol. The molecule has 0 fully saturated rings. The molecule has 114 valence electrons. The van der Waals surface area contributed by atoms with Crippen molar-refractivity contribution in [2.24, 2.45) is 5.73 Å². The van der Waals surface area contributed by atoms with Gasteiger partial charge in [0.25, 0.3) is 0 Å². The highest BCUT2D eigenvalue weighted by molar-refractivity contribution is 5.14. The molecule has 0 aromatic carbocycles. The van der Waals surface area contributed by atoms with Gasteiger partial charge < -0.3 is 10.5 Å². The number of nitrogens with zero attached hydrogens (tertiary/aromatic N) is 1. The van der Waals surface area contributed by atoms with Crippen LogP contribution >= 0.6 is 0 Å². The summed E-state index contributed by atoms with van der Waals surface area (Å²) in [7, 11) is 0. The Hall–Kier alpha value is -1.21. The molecular formula is C13H18F4N2O. The molecule has 1 atom stereocenters. The quantitative estimate of drug-likeness (QED) is 0.749. The third kappa shape index (κ3) is 5.42. The monoisotopic (exact) mass is 294 g/mol. The van der Waals surface area contributed by atoms with E-state index in [-0.39, 0.29) is 6.61 Å². The fourth-order valence-corrected chi connectivity index (χ4v) is 1.52. The van der Waals surface area contributed by atoms with Crippen LogP contribution < -0.4 is 5.73 Å². The minimum Gasteiger partial charge on any atom is -0.373 e. The highest BCUT2D eigenvalue weighted by atomic mass is 19.3. The lowest BCUT2D eigenvalue weighted by Crippen LogP contribution is -2.36. The van der Waals surface area contributed by atoms with Crippen LogP contribution in [0.4, 0.5) is 17.6 Å². The smallest absolute Gasteiger partial charge is 0.330 e. The number of halogens is 4. The maximum absolute atomic E-state index is 12.6. The van der Waals surface area contributed by atoms with Gasteiger partial charge in [0.1, 0.15) is 6.61 Å². The van der Waals surface area contributed by atoms with Crippen molar-refractivity contribution in [3.05, 3.63) is 29.6 Å². The van der Waals surface area contributed by atoms with E-state index in [9.17, 15) is 17.6 Å². The topological polar surface area (TPSA) is 48.1 Å². The van der Waals surface area contributed by atoms with Gasteiger partial charge in [0.15, 0.2) is 0 Å². The molecule has 0 amide bonds. The van der Waals surface area contributed by atoms with Gasteiger partial charge in [-0.05, 0) is 18.1 Å². The second-order valence-electron chi connectivity index (χ2n) is 4.55. The summed E-state index contributed by atoms with van der Waals surface area (Å²) in [5.41, 5.74) is 7.47. The molecule has 0 aliphatic heterocycles. The third-order valence-corrected chi connectivity index (χ3v) is 2.71. The van der Waals surface area contributed by atoms with Crippen LogP contribution in [0.1, 0.15) is 18.2 Å². The molecule has 0 spiro atoms. The highest BCUT2D eigenvalue weighted by Crippen LogP contribution is 2.22. The molecule has 0 aliphatic rings. The second kappa shape index (κ2) is 7.54. The van der Waals surface area contributed by atoms with Crippen LogP contribution in [-0.4, -0.2) is 36.6 Å². The number of pyridine rings is 1. The summed E-state index contributed by atoms with van der Waals surface area (Å²) in [5.74, 6) is -4.14. The predicted octanol–water partition coefficient (Wildman–Crippen LogP) is 2.43. The maximum atomic E-state index is 12.6. The molecule has 0 saturated heterocycles. The molecule has 20 heavy (non-hydrogen) atoms. The van der Waals surface area contributed by atoms with Gasteiger partial charge in [-0.2, -0.15) is 8.78 Å². The first-order valence-electron chi connectivity index (χ1n) is 6.28. The Balaban J connectivity index is 2.34. The summed E-state index contributed by atoms with van der Waals surface area (Å²) in [6.07, 6.45) is -0.814. The molecule has 1 rings (SSSR count). The van der Waals surface area contributed by atoms with E-state index in [1.807, 2.05) is 13.0 Å². The van der Waals surface area contributed by atoms with E-state index in [0.29, 0.717) is 12.1 Å². The molecule has 2 N–H and O–H groups in total. The van der Waals surface area contributed by atoms with Crippen molar-refractivity contribution in [3.63, 3.8) is 0 Å². The molecule has 0 bridgehead atoms. The number of aryl methyl sites for hydroxylation is 1. The minimum atomic E-state index is -4.14. The Morgan fingerprint density at radius 2 is 2.05 bits per heavy atom. The fraction of sp³-hybridized carbons (Fsp3) is 0.615. The Labute approximate surface area is 115 Å². The van der Waals surface area contributed by atoms with Gasteiger partial charge in [-0.15, -0.1) is 0 Å². The van der Waals surface area contributed by atoms with Gasteiger partial charge in [0.2, 0.25) is 0 Å². The van der Waals surface area contributed by atoms with E-state index in [1.165, 1.54) is 0 Å². The van der Waals surface area contributed by atoms with E-state index >= 15 is 0 Å². The minimum absolute atomic E-state index is 0.223. The molecular weight excluding hydrogens is 276 g/mol. The van der Waals surface area contributed by atoms with Gasteiger partial charge in [-0.3, -0.25) is 4.98 Å². The standard InChI is InChI=1S/C13H18F4N2O/c1-2-9-3-4-11(19-6-9)5-10(18)7-20-8-13(16,17)12(14)15/h3-4,6,10,12H,2,5,7-8,18H2,1H3. The van der Waals surface area contributed by atoms with Gasteiger partial charge in [-0.25, -0.2) is 8.78 Å². The highest BCUT2D eigenvalue weighted by Gasteiger charge is 2.41. The van der Waals surface area contributed by atoms with Crippen molar-refractivity contribution in [2.45, 2.75) is 38.2 Å². The van der Waals surface area contributed by atoms with Crippen LogP contribution in [-0.2, 0) is 17.6 Å². The molecule has 3 nitrogen and oxygen atoms in total. The normalized spacial score (nSPS) is 13.8. The first kappa shape index (κ1) is 16.8. The van der Waals surface area contributed by atoms with Crippen molar-refractivity contribution in [3.8, 4) is 0 Å². The zero-order chi connectivity index (χ0) is 15.2. The molecule has 7 heteroatoms. The number of alkyl halides is 4. The average molecular weight is 294 g/mol. The lowest BCUT2D eigenvalue weighted by atomic mass is 10.1. The number of hydrogen-bond acceptors (Lipinski definition) is 3. The molecule has 0 radical (unpaired) electrons. The molecule has 0 aliphatic carbocycles. The SMILES string of the molecule is CCc1ccc(CC(N)COCC(F)(F)C(F)F)nc1. The fourth-order valence-electron chi connectivity index (χ4n) is 1.52. The summed E-state index contributed by atoms with van der Waals surface area (Å²) in [5, 5.41) is 0. The van der Waals surface area contributed by atoms with Gasteiger partial charge in [0, 0.05) is 24.4 Å². The molecule has 1 heterocycles. The summed E-state index contributed by atoms with van der Waals surface area (Å²) in [4.78, 5) is 4.17. The van der Waals surface area contributed by atoms with Crippen molar-refractivity contribution in [2.75, 3.05) is 13.2 Å². The van der Waals surface area contributed by atoms with Crippen LogP contribution in [0.3, 0.4) is 0 Å². The average Bonchev–Trinajstić information content (AvgIpc) is 2.39. The van der Waals surface area contributed by atoms with Crippen LogP contribution in [0.25, 0.3) is 0 Å². The number of nitrogens with two attached hydrogens (primary N) is 1. The zero-order valence-electron chi connectivity index (χ0n) is 11.2. The maximum Gasteiger partial charge on any atom is 0.330 e. The summed E-state index contributed by atoms with van der Waals surface area (Å²) in [6.45, 7) is 0.444. The van der Waals surface area contributed by atoms with Crippen LogP contribution in [0.15, 0.2) is 18.3 Å². The molecule has 1 aromatic heterocycles. The molecule has 1 unspecified atom stereocenters. The lowest BCUT2D eigenvalue weighted by molar-refractivity contribution is -0.166. The van der Waals surface area contributed by atoms with Crippen molar-refractivity contribution in [1.29, 1.82) is 0 Å². The van der Waals surface area contributed by atoms with Gasteiger partial charge in [-0.1, -0.05) is 13.0 Å². The van der Waals surface area contributed by atoms with E-state index in [4.69, 9.17) is 5.73 Å². The number of ether oxygens (including phenoxy) is 1. The van der Waals surface area contributed by atoms with Crippen LogP contribution in [0.2, 0.25) is 0 Å². The molecule has 0 saturated carbocycles. The Kier molecular flexibility index (Phi) is 6.35. The van der Waals surface area contributed by atoms with Crippen molar-refractivity contribution < 1.29 is 22.3 Å². The zero-order valence-corrected chi connectivity index (χ0v) is 11.2. The number of aromatic nitrogens is 1. The van der Waals surface area contributed by atoms with Crippen LogP contribution in [0.5, 0.6) is 0 Å². The van der Waals surface area contributed by atoms with E-state index in [2.05, 4.69) is 9.72 Å². The van der Waals surface area contributed by atoms with E-state index in [1.54, 1.807) is 12.3 Å². The number of hydrogen-bond donors (Lipinski definition) is 1. The van der Waals surface area contributed by atoms with Gasteiger partial charge in [0.05, 0.1) is 6.61 Å². The summed E-state index contributed by atoms with van der Waals surface area (Å²) in [6, 6.07) is 3.14.